The highest BCUT2D eigenvalue weighted by atomic mass is 35.5. The van der Waals surface area contributed by atoms with E-state index in [9.17, 15) is 9.59 Å². The fourth-order valence-electron chi connectivity index (χ4n) is 0.641. The normalized spacial score (nSPS) is 9.31. The fourth-order valence-corrected chi connectivity index (χ4v) is 0.842. The van der Waals surface area contributed by atoms with Gasteiger partial charge in [-0.25, -0.2) is 10.2 Å². The van der Waals surface area contributed by atoms with Crippen LogP contribution in [0.1, 0.15) is 10.4 Å². The van der Waals surface area contributed by atoms with Crippen LogP contribution in [0.4, 0.5) is 4.79 Å². The second-order valence-corrected chi connectivity index (χ2v) is 2.39. The zero-order valence-electron chi connectivity index (χ0n) is 6.33. The fraction of sp³-hybridized carbons (Fsp3) is 0. The molecule has 0 saturated heterocycles. The van der Waals surface area contributed by atoms with Crippen LogP contribution in [0.3, 0.4) is 0 Å². The topological polar surface area (TPSA) is 97.4 Å². The number of carbonyl (C=O) groups excluding carboxylic acids is 2. The molecule has 0 aliphatic heterocycles. The predicted octanol–water partition coefficient (Wildman–Crippen LogP) is 0.246. The van der Waals surface area contributed by atoms with Gasteiger partial charge in [-0.3, -0.25) is 10.2 Å². The molecule has 0 fully saturated rings. The van der Waals surface area contributed by atoms with Crippen molar-refractivity contribution < 1.29 is 14.0 Å². The van der Waals surface area contributed by atoms with Crippen LogP contribution in [0, 0.1) is 0 Å². The third kappa shape index (κ3) is 2.38. The van der Waals surface area contributed by atoms with Gasteiger partial charge in [-0.1, -0.05) is 0 Å². The van der Waals surface area contributed by atoms with Gasteiger partial charge in [0.1, 0.15) is 0 Å². The molecule has 1 aromatic rings. The highest BCUT2D eigenvalue weighted by Crippen LogP contribution is 2.15. The van der Waals surface area contributed by atoms with E-state index < -0.39 is 11.9 Å². The van der Waals surface area contributed by atoms with Crippen molar-refractivity contribution in [2.24, 2.45) is 5.73 Å². The number of hydrogen-bond donors (Lipinski definition) is 3. The molecule has 70 valence electrons. The molecular formula is C6H6ClN3O3. The number of hydrogen-bond acceptors (Lipinski definition) is 3. The van der Waals surface area contributed by atoms with Crippen molar-refractivity contribution in [2.75, 3.05) is 0 Å². The van der Waals surface area contributed by atoms with Crippen LogP contribution in [0.2, 0.25) is 5.22 Å². The van der Waals surface area contributed by atoms with Crippen molar-refractivity contribution in [3.05, 3.63) is 23.1 Å². The van der Waals surface area contributed by atoms with Crippen LogP contribution in [-0.4, -0.2) is 11.9 Å². The third-order valence-corrected chi connectivity index (χ3v) is 1.45. The predicted molar refractivity (Wildman–Crippen MR) is 43.9 cm³/mol. The molecule has 0 spiro atoms. The molecule has 13 heavy (non-hydrogen) atoms. The van der Waals surface area contributed by atoms with E-state index in [0.717, 1.165) is 0 Å². The lowest BCUT2D eigenvalue weighted by Crippen LogP contribution is -2.44. The molecule has 0 aliphatic rings. The first-order valence-electron chi connectivity index (χ1n) is 3.20. The molecule has 0 radical (unpaired) electrons. The number of hydrazine groups is 1. The summed E-state index contributed by atoms with van der Waals surface area (Å²) in [5, 5.41) is -0.0521. The van der Waals surface area contributed by atoms with E-state index in [1.165, 1.54) is 12.3 Å². The molecule has 7 heteroatoms. The lowest BCUT2D eigenvalue weighted by atomic mass is 10.3. The molecule has 6 nitrogen and oxygen atoms in total. The van der Waals surface area contributed by atoms with Crippen molar-refractivity contribution in [3.63, 3.8) is 0 Å². The monoisotopic (exact) mass is 203 g/mol. The van der Waals surface area contributed by atoms with Crippen molar-refractivity contribution in [1.82, 2.24) is 10.9 Å². The maximum Gasteiger partial charge on any atom is 0.330 e. The van der Waals surface area contributed by atoms with Crippen LogP contribution < -0.4 is 16.6 Å². The second kappa shape index (κ2) is 3.81. The van der Waals surface area contributed by atoms with Crippen molar-refractivity contribution in [2.45, 2.75) is 0 Å². The quantitative estimate of drug-likeness (QED) is 0.571. The summed E-state index contributed by atoms with van der Waals surface area (Å²) in [6, 6.07) is 0.494. The Morgan fingerprint density at radius 1 is 1.46 bits per heavy atom. The molecule has 1 heterocycles. The molecule has 3 amide bonds. The summed E-state index contributed by atoms with van der Waals surface area (Å²) in [4.78, 5) is 21.3. The molecule has 0 aromatic carbocycles. The van der Waals surface area contributed by atoms with Gasteiger partial charge in [-0.2, -0.15) is 0 Å². The first kappa shape index (κ1) is 9.40. The number of nitrogens with one attached hydrogen (secondary N) is 2. The number of halogens is 1. The van der Waals surface area contributed by atoms with E-state index in [-0.39, 0.29) is 10.8 Å². The van der Waals surface area contributed by atoms with Gasteiger partial charge >= 0.3 is 6.03 Å². The Morgan fingerprint density at radius 3 is 2.62 bits per heavy atom. The highest BCUT2D eigenvalue weighted by Gasteiger charge is 2.12. The Labute approximate surface area is 78.0 Å². The molecule has 0 bridgehead atoms. The van der Waals surface area contributed by atoms with Crippen LogP contribution in [0.5, 0.6) is 0 Å². The van der Waals surface area contributed by atoms with Gasteiger partial charge in [0, 0.05) is 0 Å². The average Bonchev–Trinajstić information content (AvgIpc) is 2.47. The van der Waals surface area contributed by atoms with Gasteiger partial charge in [-0.15, -0.1) is 0 Å². The zero-order chi connectivity index (χ0) is 9.84. The van der Waals surface area contributed by atoms with Crippen LogP contribution in [0.15, 0.2) is 16.7 Å². The Kier molecular flexibility index (Phi) is 2.76. The van der Waals surface area contributed by atoms with E-state index in [4.69, 9.17) is 17.3 Å². The van der Waals surface area contributed by atoms with Gasteiger partial charge in [0.15, 0.2) is 0 Å². The highest BCUT2D eigenvalue weighted by molar-refractivity contribution is 6.32. The van der Waals surface area contributed by atoms with Crippen molar-refractivity contribution in [1.29, 1.82) is 0 Å². The Morgan fingerprint density at radius 2 is 2.15 bits per heavy atom. The number of nitrogens with two attached hydrogens (primary N) is 1. The molecule has 4 N–H and O–H groups in total. The summed E-state index contributed by atoms with van der Waals surface area (Å²) in [7, 11) is 0. The lowest BCUT2D eigenvalue weighted by Gasteiger charge is -2.01. The number of carbonyl (C=O) groups is 2. The summed E-state index contributed by atoms with van der Waals surface area (Å²) in [6.45, 7) is 0. The summed E-state index contributed by atoms with van der Waals surface area (Å²) in [6.07, 6.45) is 1.25. The summed E-state index contributed by atoms with van der Waals surface area (Å²) in [5.41, 5.74) is 8.75. The molecule has 0 aliphatic carbocycles. The van der Waals surface area contributed by atoms with E-state index in [2.05, 4.69) is 4.42 Å². The number of amides is 3. The van der Waals surface area contributed by atoms with E-state index >= 15 is 0 Å². The van der Waals surface area contributed by atoms with Gasteiger partial charge in [0.25, 0.3) is 5.91 Å². The number of rotatable bonds is 1. The first-order chi connectivity index (χ1) is 6.11. The average molecular weight is 204 g/mol. The lowest BCUT2D eigenvalue weighted by molar-refractivity contribution is 0.0937. The van der Waals surface area contributed by atoms with Gasteiger partial charge in [0.05, 0.1) is 11.8 Å². The van der Waals surface area contributed by atoms with E-state index in [1.54, 1.807) is 0 Å². The molecule has 1 rings (SSSR count). The van der Waals surface area contributed by atoms with Crippen LogP contribution in [-0.2, 0) is 0 Å². The largest absolute Gasteiger partial charge is 0.452 e. The van der Waals surface area contributed by atoms with E-state index in [0.29, 0.717) is 0 Å². The molecule has 0 unspecified atom stereocenters. The second-order valence-electron chi connectivity index (χ2n) is 2.05. The zero-order valence-corrected chi connectivity index (χ0v) is 7.09. The molecule has 0 atom stereocenters. The number of furan rings is 1. The van der Waals surface area contributed by atoms with E-state index in [1.807, 2.05) is 10.9 Å². The van der Waals surface area contributed by atoms with Gasteiger partial charge in [0.2, 0.25) is 5.22 Å². The minimum atomic E-state index is -0.868. The Bertz CT molecular complexity index is 336. The maximum atomic E-state index is 11.1. The number of primary amides is 1. The van der Waals surface area contributed by atoms with Crippen LogP contribution >= 0.6 is 11.6 Å². The third-order valence-electron chi connectivity index (χ3n) is 1.16. The van der Waals surface area contributed by atoms with Crippen molar-refractivity contribution >= 4 is 23.5 Å². The molecular weight excluding hydrogens is 198 g/mol. The summed E-state index contributed by atoms with van der Waals surface area (Å²) < 4.78 is 4.65. The minimum absolute atomic E-state index is 0.0521. The Hall–Kier alpha value is -1.69. The van der Waals surface area contributed by atoms with Gasteiger partial charge in [-0.05, 0) is 17.7 Å². The van der Waals surface area contributed by atoms with Crippen LogP contribution in [0.25, 0.3) is 0 Å². The maximum absolute atomic E-state index is 11.1. The molecule has 0 saturated carbocycles. The smallest absolute Gasteiger partial charge is 0.330 e. The first-order valence-corrected chi connectivity index (χ1v) is 3.58. The molecule has 1 aromatic heterocycles. The summed E-state index contributed by atoms with van der Waals surface area (Å²) >= 11 is 5.48. The number of urea groups is 1. The SMILES string of the molecule is NC(=O)NNC(=O)c1ccoc1Cl. The van der Waals surface area contributed by atoms with Crippen molar-refractivity contribution in [3.8, 4) is 0 Å². The standard InChI is InChI=1S/C6H6ClN3O3/c7-4-3(1-2-13-4)5(11)9-10-6(8)12/h1-2H,(H,9,11)(H3,8,10,12). The van der Waals surface area contributed by atoms with Gasteiger partial charge < -0.3 is 10.2 Å². The summed E-state index contributed by atoms with van der Waals surface area (Å²) in [5.74, 6) is -0.599. The minimum Gasteiger partial charge on any atom is -0.452 e. The Balaban J connectivity index is 2.59.